The Morgan fingerprint density at radius 2 is 0.864 bits per heavy atom. The summed E-state index contributed by atoms with van der Waals surface area (Å²) >= 11 is 0. The van der Waals surface area contributed by atoms with Crippen LogP contribution in [0.1, 0.15) is 90.1 Å². The summed E-state index contributed by atoms with van der Waals surface area (Å²) in [5.41, 5.74) is 6.93. The first-order valence-electron chi connectivity index (χ1n) is 15.3. The summed E-state index contributed by atoms with van der Waals surface area (Å²) in [5, 5.41) is 2.74. The smallest absolute Gasteiger partial charge is 0.149 e. The maximum Gasteiger partial charge on any atom is 3.00 e. The van der Waals surface area contributed by atoms with Gasteiger partial charge in [0.2, 0.25) is 0 Å². The van der Waals surface area contributed by atoms with Gasteiger partial charge in [-0.15, -0.1) is 35.9 Å². The van der Waals surface area contributed by atoms with Crippen molar-refractivity contribution < 1.29 is 26.2 Å². The summed E-state index contributed by atoms with van der Waals surface area (Å²) < 4.78 is 0. The second-order valence-corrected chi connectivity index (χ2v) is 15.2. The third-order valence-electron chi connectivity index (χ3n) is 7.09. The van der Waals surface area contributed by atoms with E-state index in [4.69, 9.17) is 0 Å². The van der Waals surface area contributed by atoms with E-state index in [2.05, 4.69) is 141 Å². The van der Waals surface area contributed by atoms with Gasteiger partial charge in [0.15, 0.2) is 0 Å². The molecular weight excluding hydrogens is 627 g/mol. The molecule has 2 heteroatoms. The van der Waals surface area contributed by atoms with Crippen LogP contribution in [0.5, 0.6) is 0 Å². The van der Waals surface area contributed by atoms with Crippen LogP contribution >= 0.6 is 8.58 Å². The van der Waals surface area contributed by atoms with E-state index in [0.717, 1.165) is 5.56 Å². The fraction of sp³-hybridized carbons (Fsp3) is 0.286. The molecule has 5 rings (SSSR count). The summed E-state index contributed by atoms with van der Waals surface area (Å²) in [6.07, 6.45) is 23.8. The Kier molecular flexibility index (Phi) is 16.0. The number of rotatable bonds is 4. The Bertz CT molecular complexity index is 1200. The van der Waals surface area contributed by atoms with Crippen LogP contribution in [0.4, 0.5) is 0 Å². The quantitative estimate of drug-likeness (QED) is 0.147. The monoisotopic (exact) mass is 675 g/mol. The van der Waals surface area contributed by atoms with Gasteiger partial charge in [-0.25, -0.2) is 0 Å². The minimum Gasteiger partial charge on any atom is -0.149 e. The van der Waals surface area contributed by atoms with Crippen molar-refractivity contribution >= 4 is 19.2 Å². The van der Waals surface area contributed by atoms with Gasteiger partial charge in [0, 0.05) is 0 Å². The minimum absolute atomic E-state index is 0. The first kappa shape index (κ1) is 38.9. The molecule has 0 aromatic heterocycles. The predicted molar refractivity (Wildman–Crippen MR) is 192 cm³/mol. The van der Waals surface area contributed by atoms with E-state index >= 15 is 0 Å². The average molecular weight is 677 g/mol. The molecule has 2 aliphatic carbocycles. The van der Waals surface area contributed by atoms with Crippen molar-refractivity contribution in [3.8, 4) is 0 Å². The van der Waals surface area contributed by atoms with Crippen LogP contribution in [0.3, 0.4) is 0 Å². The van der Waals surface area contributed by atoms with E-state index in [1.807, 2.05) is 64.2 Å². The number of benzene rings is 3. The normalized spacial score (nSPS) is 15.7. The van der Waals surface area contributed by atoms with Gasteiger partial charge >= 0.3 is 26.2 Å². The first-order chi connectivity index (χ1) is 20.3. The van der Waals surface area contributed by atoms with Gasteiger partial charge in [-0.3, -0.25) is 0 Å². The van der Waals surface area contributed by atoms with Gasteiger partial charge < -0.3 is 0 Å². The third-order valence-corrected chi connectivity index (χ3v) is 8.54. The van der Waals surface area contributed by atoms with E-state index in [-0.39, 0.29) is 42.4 Å². The van der Waals surface area contributed by atoms with Crippen LogP contribution in [0.25, 0.3) is 5.31 Å². The SMILES string of the molecule is CC(C)(C)c1cc(C(C)(C)C)c(PC(=[C-]c2ccccc2)c2ccccc2)c(C(C)(C)C)c1.[CH]1[CH][CH][CH][CH]1.[CH]1[CH][CH][CH][CH]1.[Zr+3]. The zero-order valence-corrected chi connectivity index (χ0v) is 31.7. The van der Waals surface area contributed by atoms with Crippen molar-refractivity contribution in [3.05, 3.63) is 171 Å². The van der Waals surface area contributed by atoms with Gasteiger partial charge in [0.25, 0.3) is 0 Å². The molecule has 0 heterocycles. The van der Waals surface area contributed by atoms with Crippen molar-refractivity contribution in [1.82, 2.24) is 0 Å². The molecule has 225 valence electrons. The predicted octanol–water partition coefficient (Wildman–Crippen LogP) is 10.8. The van der Waals surface area contributed by atoms with Gasteiger partial charge in [0.05, 0.1) is 0 Å². The fourth-order valence-corrected chi connectivity index (χ4v) is 6.54. The fourth-order valence-electron chi connectivity index (χ4n) is 4.61. The van der Waals surface area contributed by atoms with Crippen LogP contribution in [-0.4, -0.2) is 0 Å². The molecule has 0 spiro atoms. The zero-order chi connectivity index (χ0) is 31.5. The van der Waals surface area contributed by atoms with E-state index in [9.17, 15) is 0 Å². The molecule has 2 saturated carbocycles. The van der Waals surface area contributed by atoms with Crippen molar-refractivity contribution in [2.75, 3.05) is 0 Å². The molecule has 1 atom stereocenters. The Labute approximate surface area is 293 Å². The molecule has 0 aliphatic heterocycles. The van der Waals surface area contributed by atoms with Crippen molar-refractivity contribution in [2.24, 2.45) is 0 Å². The van der Waals surface area contributed by atoms with Crippen LogP contribution in [-0.2, 0) is 42.4 Å². The van der Waals surface area contributed by atoms with Gasteiger partial charge in [-0.2, -0.15) is 0 Å². The first-order valence-corrected chi connectivity index (χ1v) is 16.3. The summed E-state index contributed by atoms with van der Waals surface area (Å²) in [7, 11) is 0.529. The Balaban J connectivity index is 0.000000516. The Morgan fingerprint density at radius 1 is 0.500 bits per heavy atom. The summed E-state index contributed by atoms with van der Waals surface area (Å²) in [6, 6.07) is 26.3. The molecule has 11 radical (unpaired) electrons. The summed E-state index contributed by atoms with van der Waals surface area (Å²) in [4.78, 5) is 0. The Hall–Kier alpha value is -1.29. The van der Waals surface area contributed by atoms with E-state index < -0.39 is 0 Å². The molecule has 0 saturated heterocycles. The molecule has 44 heavy (non-hydrogen) atoms. The van der Waals surface area contributed by atoms with Gasteiger partial charge in [-0.1, -0.05) is 130 Å². The summed E-state index contributed by atoms with van der Waals surface area (Å²) in [5.74, 6) is 0. The molecule has 2 fully saturated rings. The van der Waals surface area contributed by atoms with E-state index in [0.29, 0.717) is 8.58 Å². The molecule has 2 aliphatic rings. The van der Waals surface area contributed by atoms with Crippen LogP contribution in [0.15, 0.2) is 72.8 Å². The zero-order valence-electron chi connectivity index (χ0n) is 28.2. The number of hydrogen-bond donors (Lipinski definition) is 0. The Morgan fingerprint density at radius 3 is 1.20 bits per heavy atom. The molecule has 3 aromatic carbocycles. The number of hydrogen-bond acceptors (Lipinski definition) is 0. The topological polar surface area (TPSA) is 0 Å². The van der Waals surface area contributed by atoms with Crippen LogP contribution in [0, 0.1) is 70.3 Å². The molecule has 0 N–H and O–H groups in total. The second-order valence-electron chi connectivity index (χ2n) is 14.0. The van der Waals surface area contributed by atoms with E-state index in [1.54, 1.807) is 0 Å². The molecule has 0 nitrogen and oxygen atoms in total. The van der Waals surface area contributed by atoms with Gasteiger partial charge in [-0.05, 0) is 102 Å². The van der Waals surface area contributed by atoms with Crippen molar-refractivity contribution in [3.63, 3.8) is 0 Å². The second kappa shape index (κ2) is 18.2. The maximum absolute atomic E-state index is 3.77. The van der Waals surface area contributed by atoms with Crippen LogP contribution < -0.4 is 5.30 Å². The van der Waals surface area contributed by atoms with E-state index in [1.165, 1.54) is 32.9 Å². The molecular formula is C42H50PZr+2. The summed E-state index contributed by atoms with van der Waals surface area (Å²) in [6.45, 7) is 21.1. The van der Waals surface area contributed by atoms with Gasteiger partial charge in [0.1, 0.15) is 0 Å². The average Bonchev–Trinajstić information content (AvgIpc) is 3.72. The standard InChI is InChI=1S/C32H40P.2C5H5.Zr/c1-30(2,3)25-21-26(31(4,5)6)29(27(22-25)32(7,8)9)33-28(24-18-14-11-15-19-24)20-23-16-12-10-13-17-23;2*1-2-4-5-3-1;/h10-19,21-22,33H,1-9H3;2*1-5H;/q-1;;;+3. The third kappa shape index (κ3) is 12.8. The van der Waals surface area contributed by atoms with Crippen molar-refractivity contribution in [2.45, 2.75) is 78.6 Å². The minimum atomic E-state index is 0. The molecule has 0 amide bonds. The molecule has 3 aromatic rings. The largest absolute Gasteiger partial charge is 3.00 e. The van der Waals surface area contributed by atoms with Crippen LogP contribution in [0.2, 0.25) is 0 Å². The molecule has 0 bridgehead atoms. The maximum atomic E-state index is 3.77. The molecule has 1 unspecified atom stereocenters. The van der Waals surface area contributed by atoms with Crippen molar-refractivity contribution in [1.29, 1.82) is 0 Å².